The van der Waals surface area contributed by atoms with Crippen LogP contribution in [0.25, 0.3) is 0 Å². The fourth-order valence-electron chi connectivity index (χ4n) is 1.63. The van der Waals surface area contributed by atoms with E-state index in [1.807, 2.05) is 0 Å². The predicted octanol–water partition coefficient (Wildman–Crippen LogP) is 0.0479. The largest absolute Gasteiger partial charge is 0.396 e. The molecule has 1 aliphatic heterocycles. The van der Waals surface area contributed by atoms with Gasteiger partial charge in [-0.05, 0) is 12.8 Å². The Morgan fingerprint density at radius 2 is 1.81 bits per heavy atom. The second-order valence-corrected chi connectivity index (χ2v) is 6.21. The normalized spacial score (nSPS) is 20.5. The van der Waals surface area contributed by atoms with Gasteiger partial charge in [-0.1, -0.05) is 0 Å². The van der Waals surface area contributed by atoms with Gasteiger partial charge in [0.2, 0.25) is 5.95 Å². The number of rotatable bonds is 2. The molecule has 88 valence electrons. The third-order valence-corrected chi connectivity index (χ3v) is 4.28. The highest BCUT2D eigenvalue weighted by Crippen LogP contribution is 2.15. The number of nitrogens with zero attached hydrogens (tertiary/aromatic N) is 2. The number of aromatic nitrogens is 2. The van der Waals surface area contributed by atoms with Gasteiger partial charge in [-0.15, -0.1) is 0 Å². The Balaban J connectivity index is 1.94. The van der Waals surface area contributed by atoms with E-state index in [1.165, 1.54) is 12.4 Å². The minimum absolute atomic E-state index is 0.132. The van der Waals surface area contributed by atoms with Crippen molar-refractivity contribution in [3.63, 3.8) is 0 Å². The molecule has 2 rings (SSSR count). The zero-order valence-corrected chi connectivity index (χ0v) is 9.57. The molecule has 0 saturated carbocycles. The second-order valence-electron chi connectivity index (χ2n) is 3.91. The number of sulfone groups is 1. The molecule has 0 amide bonds. The first kappa shape index (κ1) is 11.1. The number of anilines is 2. The molecule has 1 saturated heterocycles. The highest BCUT2D eigenvalue weighted by Gasteiger charge is 2.23. The van der Waals surface area contributed by atoms with E-state index in [0.717, 1.165) is 0 Å². The Morgan fingerprint density at radius 3 is 2.38 bits per heavy atom. The summed E-state index contributed by atoms with van der Waals surface area (Å²) in [5.74, 6) is 0.970. The number of hydrogen-bond donors (Lipinski definition) is 2. The quantitative estimate of drug-likeness (QED) is 0.760. The molecule has 1 aromatic heterocycles. The Morgan fingerprint density at radius 1 is 1.25 bits per heavy atom. The first-order chi connectivity index (χ1) is 7.55. The van der Waals surface area contributed by atoms with E-state index in [4.69, 9.17) is 5.73 Å². The van der Waals surface area contributed by atoms with Crippen LogP contribution in [-0.2, 0) is 9.84 Å². The van der Waals surface area contributed by atoms with E-state index >= 15 is 0 Å². The van der Waals surface area contributed by atoms with Crippen LogP contribution in [0.15, 0.2) is 12.4 Å². The smallest absolute Gasteiger partial charge is 0.222 e. The van der Waals surface area contributed by atoms with Crippen molar-refractivity contribution < 1.29 is 8.42 Å². The lowest BCUT2D eigenvalue weighted by Crippen LogP contribution is -2.32. The van der Waals surface area contributed by atoms with Crippen molar-refractivity contribution in [2.75, 3.05) is 22.6 Å². The van der Waals surface area contributed by atoms with Crippen molar-refractivity contribution in [1.82, 2.24) is 9.97 Å². The molecule has 0 bridgehead atoms. The standard InChI is InChI=1S/C9H14N4O2S/c10-7-5-11-9(12-6-7)13-8-1-3-16(14,15)4-2-8/h5-6,8H,1-4,10H2,(H,11,12,13). The average molecular weight is 242 g/mol. The van der Waals surface area contributed by atoms with Gasteiger partial charge in [-0.3, -0.25) is 0 Å². The molecular formula is C9H14N4O2S. The summed E-state index contributed by atoms with van der Waals surface area (Å²) >= 11 is 0. The zero-order valence-electron chi connectivity index (χ0n) is 8.76. The van der Waals surface area contributed by atoms with E-state index < -0.39 is 9.84 Å². The van der Waals surface area contributed by atoms with Gasteiger partial charge in [0.15, 0.2) is 0 Å². The Labute approximate surface area is 94.2 Å². The van der Waals surface area contributed by atoms with Gasteiger partial charge < -0.3 is 11.1 Å². The number of nitrogen functional groups attached to an aromatic ring is 1. The highest BCUT2D eigenvalue weighted by molar-refractivity contribution is 7.91. The summed E-state index contributed by atoms with van der Waals surface area (Å²) in [5, 5.41) is 3.10. The highest BCUT2D eigenvalue weighted by atomic mass is 32.2. The molecule has 0 unspecified atom stereocenters. The molecule has 7 heteroatoms. The van der Waals surface area contributed by atoms with Crippen molar-refractivity contribution in [2.45, 2.75) is 18.9 Å². The molecule has 1 aromatic rings. The molecule has 1 aliphatic rings. The second kappa shape index (κ2) is 4.25. The summed E-state index contributed by atoms with van der Waals surface area (Å²) in [4.78, 5) is 8.02. The summed E-state index contributed by atoms with van der Waals surface area (Å²) < 4.78 is 22.4. The molecule has 6 nitrogen and oxygen atoms in total. The third kappa shape index (κ3) is 2.82. The van der Waals surface area contributed by atoms with Crippen molar-refractivity contribution in [3.05, 3.63) is 12.4 Å². The van der Waals surface area contributed by atoms with E-state index in [0.29, 0.717) is 24.5 Å². The van der Waals surface area contributed by atoms with Crippen LogP contribution in [0, 0.1) is 0 Å². The summed E-state index contributed by atoms with van der Waals surface area (Å²) in [6.07, 6.45) is 4.26. The van der Waals surface area contributed by atoms with Gasteiger partial charge in [-0.25, -0.2) is 18.4 Å². The van der Waals surface area contributed by atoms with Crippen LogP contribution in [-0.4, -0.2) is 35.9 Å². The van der Waals surface area contributed by atoms with E-state index in [9.17, 15) is 8.42 Å². The van der Waals surface area contributed by atoms with Crippen LogP contribution in [0.2, 0.25) is 0 Å². The minimum Gasteiger partial charge on any atom is -0.396 e. The lowest BCUT2D eigenvalue weighted by molar-refractivity contribution is 0.558. The molecule has 0 spiro atoms. The molecule has 0 radical (unpaired) electrons. The predicted molar refractivity (Wildman–Crippen MR) is 61.7 cm³/mol. The van der Waals surface area contributed by atoms with Crippen LogP contribution in [0.1, 0.15) is 12.8 Å². The maximum Gasteiger partial charge on any atom is 0.222 e. The van der Waals surface area contributed by atoms with Crippen molar-refractivity contribution in [1.29, 1.82) is 0 Å². The number of nitrogens with one attached hydrogen (secondary N) is 1. The molecule has 3 N–H and O–H groups in total. The summed E-state index contributed by atoms with van der Waals surface area (Å²) in [5.41, 5.74) is 5.97. The molecular weight excluding hydrogens is 228 g/mol. The average Bonchev–Trinajstić information content (AvgIpc) is 2.24. The van der Waals surface area contributed by atoms with Crippen LogP contribution in [0.3, 0.4) is 0 Å². The molecule has 0 aromatic carbocycles. The van der Waals surface area contributed by atoms with Crippen molar-refractivity contribution in [3.8, 4) is 0 Å². The van der Waals surface area contributed by atoms with E-state index in [2.05, 4.69) is 15.3 Å². The SMILES string of the molecule is Nc1cnc(NC2CCS(=O)(=O)CC2)nc1. The maximum atomic E-state index is 11.2. The molecule has 0 atom stereocenters. The number of hydrogen-bond acceptors (Lipinski definition) is 6. The summed E-state index contributed by atoms with van der Waals surface area (Å²) in [7, 11) is -2.82. The topological polar surface area (TPSA) is 98.0 Å². The fourth-order valence-corrected chi connectivity index (χ4v) is 3.12. The number of nitrogens with two attached hydrogens (primary N) is 1. The first-order valence-corrected chi connectivity index (χ1v) is 6.92. The Kier molecular flexibility index (Phi) is 2.95. The van der Waals surface area contributed by atoms with Crippen LogP contribution >= 0.6 is 0 Å². The van der Waals surface area contributed by atoms with Gasteiger partial charge in [0.1, 0.15) is 9.84 Å². The maximum absolute atomic E-state index is 11.2. The lowest BCUT2D eigenvalue weighted by Gasteiger charge is -2.22. The molecule has 0 aliphatic carbocycles. The summed E-state index contributed by atoms with van der Waals surface area (Å²) in [6, 6.07) is 0.132. The molecule has 1 fully saturated rings. The van der Waals surface area contributed by atoms with Gasteiger partial charge in [0, 0.05) is 6.04 Å². The van der Waals surface area contributed by atoms with Gasteiger partial charge in [0.05, 0.1) is 29.6 Å². The van der Waals surface area contributed by atoms with Crippen LogP contribution < -0.4 is 11.1 Å². The van der Waals surface area contributed by atoms with Crippen LogP contribution in [0.5, 0.6) is 0 Å². The van der Waals surface area contributed by atoms with Gasteiger partial charge in [0.25, 0.3) is 0 Å². The van der Waals surface area contributed by atoms with Crippen molar-refractivity contribution in [2.24, 2.45) is 0 Å². The van der Waals surface area contributed by atoms with Crippen LogP contribution in [0.4, 0.5) is 11.6 Å². The Hall–Kier alpha value is -1.37. The zero-order chi connectivity index (χ0) is 11.6. The first-order valence-electron chi connectivity index (χ1n) is 5.10. The van der Waals surface area contributed by atoms with Gasteiger partial charge in [-0.2, -0.15) is 0 Å². The summed E-state index contributed by atoms with van der Waals surface area (Å²) in [6.45, 7) is 0. The molecule has 16 heavy (non-hydrogen) atoms. The lowest BCUT2D eigenvalue weighted by atomic mass is 10.2. The van der Waals surface area contributed by atoms with E-state index in [-0.39, 0.29) is 17.5 Å². The van der Waals surface area contributed by atoms with Gasteiger partial charge >= 0.3 is 0 Å². The minimum atomic E-state index is -2.82. The fraction of sp³-hybridized carbons (Fsp3) is 0.556. The van der Waals surface area contributed by atoms with E-state index in [1.54, 1.807) is 0 Å². The third-order valence-electron chi connectivity index (χ3n) is 2.56. The Bertz CT molecular complexity index is 443. The van der Waals surface area contributed by atoms with Crippen molar-refractivity contribution >= 4 is 21.5 Å². The monoisotopic (exact) mass is 242 g/mol. The molecule has 2 heterocycles.